The summed E-state index contributed by atoms with van der Waals surface area (Å²) in [5, 5.41) is -0.399. The fourth-order valence-electron chi connectivity index (χ4n) is 3.50. The number of para-hydroxylation sites is 1. The van der Waals surface area contributed by atoms with Crippen LogP contribution in [0.1, 0.15) is 0 Å². The molecule has 28 heavy (non-hydrogen) atoms. The van der Waals surface area contributed by atoms with Crippen molar-refractivity contribution in [3.8, 4) is 0 Å². The molecule has 2 atom stereocenters. The first-order chi connectivity index (χ1) is 13.6. The van der Waals surface area contributed by atoms with Crippen LogP contribution in [0.4, 0.5) is 16.3 Å². The van der Waals surface area contributed by atoms with Crippen LogP contribution in [0.5, 0.6) is 0 Å². The number of aromatic nitrogens is 1. The molecular weight excluding hydrogens is 378 g/mol. The second-order valence-electron chi connectivity index (χ2n) is 6.37. The number of imide groups is 1. The van der Waals surface area contributed by atoms with Crippen molar-refractivity contribution in [3.63, 3.8) is 0 Å². The highest BCUT2D eigenvalue weighted by Gasteiger charge is 2.58. The Morgan fingerprint density at radius 1 is 1.18 bits per heavy atom. The standard InChI is InChI=1S/C20H21N3O4S/c1-15-19(24)23(16-8-4-3-5-9-16)20(25)28(15,26-2)18-14-22(12-13-27-18)17-10-6-7-11-21-17/h3-11,18H,1,12-14H2,2H3. The minimum atomic E-state index is -2.69. The number of morpholine rings is 1. The van der Waals surface area contributed by atoms with E-state index >= 15 is 0 Å². The van der Waals surface area contributed by atoms with E-state index in [1.54, 1.807) is 30.5 Å². The van der Waals surface area contributed by atoms with E-state index in [-0.39, 0.29) is 4.91 Å². The van der Waals surface area contributed by atoms with Gasteiger partial charge in [-0.2, -0.15) is 0 Å². The van der Waals surface area contributed by atoms with Gasteiger partial charge in [0, 0.05) is 30.2 Å². The summed E-state index contributed by atoms with van der Waals surface area (Å²) in [4.78, 5) is 34.2. The maximum atomic E-state index is 13.5. The van der Waals surface area contributed by atoms with E-state index in [9.17, 15) is 9.59 Å². The van der Waals surface area contributed by atoms with Gasteiger partial charge in [-0.05, 0) is 24.3 Å². The van der Waals surface area contributed by atoms with Gasteiger partial charge < -0.3 is 13.8 Å². The van der Waals surface area contributed by atoms with Crippen molar-refractivity contribution in [2.45, 2.75) is 5.44 Å². The van der Waals surface area contributed by atoms with Crippen LogP contribution < -0.4 is 9.80 Å². The third-order valence-corrected chi connectivity index (χ3v) is 8.06. The van der Waals surface area contributed by atoms with Crippen molar-refractivity contribution in [3.05, 3.63) is 66.2 Å². The molecule has 0 radical (unpaired) electrons. The number of rotatable bonds is 4. The Morgan fingerprint density at radius 2 is 1.93 bits per heavy atom. The second-order valence-corrected chi connectivity index (χ2v) is 9.27. The number of anilines is 2. The van der Waals surface area contributed by atoms with Crippen LogP contribution >= 0.6 is 10.3 Å². The Labute approximate surface area is 165 Å². The van der Waals surface area contributed by atoms with Gasteiger partial charge in [0.2, 0.25) is 0 Å². The van der Waals surface area contributed by atoms with Gasteiger partial charge in [-0.25, -0.2) is 9.88 Å². The molecule has 3 heterocycles. The van der Waals surface area contributed by atoms with Crippen LogP contribution in [0.3, 0.4) is 0 Å². The Balaban J connectivity index is 1.69. The zero-order valence-electron chi connectivity index (χ0n) is 15.5. The number of carbonyl (C=O) groups is 2. The molecule has 146 valence electrons. The van der Waals surface area contributed by atoms with E-state index in [4.69, 9.17) is 8.92 Å². The predicted octanol–water partition coefficient (Wildman–Crippen LogP) is 3.29. The minimum Gasteiger partial charge on any atom is -0.362 e. The molecule has 2 amide bonds. The number of carbonyl (C=O) groups excluding carboxylic acids is 2. The van der Waals surface area contributed by atoms with Gasteiger partial charge in [0.25, 0.3) is 5.91 Å². The van der Waals surface area contributed by atoms with Gasteiger partial charge in [-0.1, -0.05) is 30.8 Å². The molecule has 7 nitrogen and oxygen atoms in total. The average Bonchev–Trinajstić information content (AvgIpc) is 2.95. The van der Waals surface area contributed by atoms with E-state index in [0.717, 1.165) is 10.7 Å². The van der Waals surface area contributed by atoms with E-state index < -0.39 is 26.9 Å². The first-order valence-electron chi connectivity index (χ1n) is 8.87. The van der Waals surface area contributed by atoms with Crippen molar-refractivity contribution in [2.75, 3.05) is 36.6 Å². The van der Waals surface area contributed by atoms with Crippen LogP contribution in [-0.4, -0.2) is 48.4 Å². The van der Waals surface area contributed by atoms with Gasteiger partial charge >= 0.3 is 5.24 Å². The second kappa shape index (κ2) is 7.38. The molecule has 0 bridgehead atoms. The van der Waals surface area contributed by atoms with Crippen LogP contribution in [0.2, 0.25) is 0 Å². The highest BCUT2D eigenvalue weighted by molar-refractivity contribution is 8.46. The molecule has 2 aliphatic heterocycles. The van der Waals surface area contributed by atoms with Crippen LogP contribution in [-0.2, 0) is 13.7 Å². The van der Waals surface area contributed by atoms with Crippen molar-refractivity contribution in [1.29, 1.82) is 0 Å². The van der Waals surface area contributed by atoms with E-state index in [2.05, 4.69) is 11.6 Å². The minimum absolute atomic E-state index is 0.164. The Hall–Kier alpha value is -2.68. The fraction of sp³-hybridized carbons (Fsp3) is 0.250. The maximum Gasteiger partial charge on any atom is 0.305 e. The van der Waals surface area contributed by atoms with Gasteiger partial charge in [-0.15, -0.1) is 0 Å². The number of nitrogens with zero attached hydrogens (tertiary/aromatic N) is 3. The number of hydrogen-bond donors (Lipinski definition) is 0. The number of hydrogen-bond acceptors (Lipinski definition) is 6. The predicted molar refractivity (Wildman–Crippen MR) is 109 cm³/mol. The SMILES string of the molecule is C=C1C(=O)N(c2ccccc2)C(=O)S1(OC)C1CN(c2ccccn2)CCO1. The molecule has 0 aliphatic carbocycles. The fourth-order valence-corrected chi connectivity index (χ4v) is 6.30. The molecule has 8 heteroatoms. The Bertz CT molecular complexity index is 908. The smallest absolute Gasteiger partial charge is 0.305 e. The van der Waals surface area contributed by atoms with E-state index in [1.165, 1.54) is 7.11 Å². The summed E-state index contributed by atoms with van der Waals surface area (Å²) in [5.74, 6) is 0.357. The highest BCUT2D eigenvalue weighted by atomic mass is 32.3. The zero-order valence-corrected chi connectivity index (χ0v) is 16.3. The lowest BCUT2D eigenvalue weighted by molar-refractivity contribution is -0.113. The number of amides is 2. The van der Waals surface area contributed by atoms with Crippen molar-refractivity contribution < 1.29 is 18.5 Å². The van der Waals surface area contributed by atoms with Crippen LogP contribution in [0, 0.1) is 0 Å². The van der Waals surface area contributed by atoms with E-state index in [1.807, 2.05) is 29.2 Å². The molecule has 2 aliphatic rings. The molecular formula is C20H21N3O4S. The summed E-state index contributed by atoms with van der Waals surface area (Å²) in [7, 11) is -1.25. The number of ether oxygens (including phenoxy) is 1. The molecule has 4 rings (SSSR count). The molecule has 2 aromatic rings. The molecule has 0 N–H and O–H groups in total. The molecule has 0 saturated carbocycles. The van der Waals surface area contributed by atoms with Gasteiger partial charge in [0.15, 0.2) is 0 Å². The quantitative estimate of drug-likeness (QED) is 0.735. The molecule has 2 fully saturated rings. The largest absolute Gasteiger partial charge is 0.362 e. The monoisotopic (exact) mass is 399 g/mol. The number of benzene rings is 1. The van der Waals surface area contributed by atoms with Crippen molar-refractivity contribution >= 4 is 33.0 Å². The Kier molecular flexibility index (Phi) is 4.92. The lowest BCUT2D eigenvalue weighted by Crippen LogP contribution is -2.46. The third kappa shape index (κ3) is 2.81. The van der Waals surface area contributed by atoms with Crippen molar-refractivity contribution in [1.82, 2.24) is 4.98 Å². The summed E-state index contributed by atoms with van der Waals surface area (Å²) in [5.41, 5.74) is -0.103. The molecule has 2 unspecified atom stereocenters. The normalized spacial score (nSPS) is 27.8. The van der Waals surface area contributed by atoms with Gasteiger partial charge in [-0.3, -0.25) is 9.59 Å². The lowest BCUT2D eigenvalue weighted by atomic mass is 10.3. The molecule has 1 aromatic carbocycles. The first kappa shape index (κ1) is 18.7. The van der Waals surface area contributed by atoms with E-state index in [0.29, 0.717) is 25.4 Å². The topological polar surface area (TPSA) is 72.0 Å². The summed E-state index contributed by atoms with van der Waals surface area (Å²) < 4.78 is 11.7. The summed E-state index contributed by atoms with van der Waals surface area (Å²) in [6.45, 7) is 5.38. The van der Waals surface area contributed by atoms with Gasteiger partial charge in [0.1, 0.15) is 11.3 Å². The molecule has 0 spiro atoms. The van der Waals surface area contributed by atoms with Crippen molar-refractivity contribution in [2.24, 2.45) is 0 Å². The first-order valence-corrected chi connectivity index (χ1v) is 10.5. The third-order valence-electron chi connectivity index (χ3n) is 4.90. The maximum absolute atomic E-state index is 13.5. The summed E-state index contributed by atoms with van der Waals surface area (Å²) in [6.07, 6.45) is 1.72. The highest BCUT2D eigenvalue weighted by Crippen LogP contribution is 2.66. The van der Waals surface area contributed by atoms with Gasteiger partial charge in [0.05, 0.1) is 23.7 Å². The Morgan fingerprint density at radius 3 is 2.61 bits per heavy atom. The number of pyridine rings is 1. The average molecular weight is 399 g/mol. The lowest BCUT2D eigenvalue weighted by Gasteiger charge is -2.43. The molecule has 2 saturated heterocycles. The van der Waals surface area contributed by atoms with Crippen LogP contribution in [0.15, 0.2) is 66.2 Å². The zero-order chi connectivity index (χ0) is 19.7. The molecule has 1 aromatic heterocycles. The van der Waals surface area contributed by atoms with Crippen LogP contribution in [0.25, 0.3) is 0 Å². The summed E-state index contributed by atoms with van der Waals surface area (Å²) in [6, 6.07) is 14.5. The summed E-state index contributed by atoms with van der Waals surface area (Å²) >= 11 is 0.